The molecule has 158 valence electrons. The van der Waals surface area contributed by atoms with E-state index in [9.17, 15) is 14.4 Å². The molecule has 0 saturated heterocycles. The molecule has 0 amide bonds. The molecule has 0 radical (unpaired) electrons. The van der Waals surface area contributed by atoms with Crippen LogP contribution in [0.5, 0.6) is 0 Å². The fourth-order valence-corrected chi connectivity index (χ4v) is 6.98. The Morgan fingerprint density at radius 1 is 0.562 bits per heavy atom. The third kappa shape index (κ3) is 4.87. The minimum Gasteiger partial charge on any atom is -0.211 e. The molecular weight excluding hydrogens is 674 g/mol. The van der Waals surface area contributed by atoms with E-state index in [2.05, 4.69) is 78.7 Å². The van der Waals surface area contributed by atoms with Gasteiger partial charge in [0.2, 0.25) is 18.2 Å². The summed E-state index contributed by atoms with van der Waals surface area (Å²) in [5.74, 6) is 0. The van der Waals surface area contributed by atoms with Crippen molar-refractivity contribution in [3.63, 3.8) is 0 Å². The molecule has 0 unspecified atom stereocenters. The topological polar surface area (TPSA) is 88.3 Å². The molecule has 3 rings (SSSR count). The lowest BCUT2D eigenvalue weighted by atomic mass is 9.84. The van der Waals surface area contributed by atoms with Gasteiger partial charge in [-0.3, -0.25) is 0 Å². The lowest BCUT2D eigenvalue weighted by Gasteiger charge is -2.32. The van der Waals surface area contributed by atoms with Crippen LogP contribution in [0.1, 0.15) is 16.7 Å². The predicted octanol–water partition coefficient (Wildman–Crippen LogP) is 7.56. The Hall–Kier alpha value is -2.28. The number of alkyl halides is 1. The average molecular weight is 683 g/mol. The van der Waals surface area contributed by atoms with E-state index in [0.717, 1.165) is 16.7 Å². The van der Waals surface area contributed by atoms with Crippen LogP contribution < -0.4 is 0 Å². The lowest BCUT2D eigenvalue weighted by Crippen LogP contribution is -2.23. The first kappa shape index (κ1) is 24.4. The third-order valence-corrected chi connectivity index (χ3v) is 7.75. The Morgan fingerprint density at radius 2 is 0.844 bits per heavy atom. The van der Waals surface area contributed by atoms with E-state index in [1.165, 1.54) is 18.2 Å². The number of aliphatic imine (C=N–C) groups is 3. The molecule has 10 heteroatoms. The van der Waals surface area contributed by atoms with Gasteiger partial charge in [-0.15, -0.1) is 0 Å². The average Bonchev–Trinajstić information content (AvgIpc) is 2.74. The third-order valence-electron chi connectivity index (χ3n) is 4.50. The van der Waals surface area contributed by atoms with Crippen molar-refractivity contribution in [2.24, 2.45) is 15.0 Å². The van der Waals surface area contributed by atoms with Crippen molar-refractivity contribution >= 4 is 99.0 Å². The van der Waals surface area contributed by atoms with Gasteiger partial charge in [0.1, 0.15) is 4.32 Å². The van der Waals surface area contributed by atoms with Crippen molar-refractivity contribution in [3.05, 3.63) is 84.7 Å². The number of halogens is 4. The molecule has 0 aliphatic carbocycles. The maximum Gasteiger partial charge on any atom is 0.240 e. The normalized spacial score (nSPS) is 12.0. The van der Waals surface area contributed by atoms with Crippen LogP contribution in [0.15, 0.2) is 83.0 Å². The van der Waals surface area contributed by atoms with E-state index >= 15 is 0 Å². The number of isocyanates is 3. The highest BCUT2D eigenvalue weighted by Crippen LogP contribution is 2.52. The molecule has 3 aromatic carbocycles. The highest BCUT2D eigenvalue weighted by molar-refractivity contribution is 9.11. The molecule has 6 nitrogen and oxygen atoms in total. The standard InChI is InChI=1S/C22H9Br4N3O3/c23-19-7-13(27-10-30)1-4-16(19)22(26,17-5-2-14(28-11-31)8-20(17)24)18-6-3-15(29-12-32)9-21(18)25/h1-9H. The van der Waals surface area contributed by atoms with E-state index in [1.54, 1.807) is 36.4 Å². The maximum absolute atomic E-state index is 10.7. The van der Waals surface area contributed by atoms with Crippen LogP contribution in [-0.2, 0) is 18.7 Å². The van der Waals surface area contributed by atoms with Crippen molar-refractivity contribution in [1.82, 2.24) is 0 Å². The highest BCUT2D eigenvalue weighted by atomic mass is 79.9. The van der Waals surface area contributed by atoms with Crippen molar-refractivity contribution in [3.8, 4) is 0 Å². The van der Waals surface area contributed by atoms with Crippen molar-refractivity contribution in [1.29, 1.82) is 0 Å². The number of benzene rings is 3. The molecule has 0 aliphatic rings. The van der Waals surface area contributed by atoms with Crippen LogP contribution in [0.4, 0.5) is 17.1 Å². The van der Waals surface area contributed by atoms with Gasteiger partial charge >= 0.3 is 0 Å². The molecule has 0 atom stereocenters. The molecule has 0 N–H and O–H groups in total. The minimum absolute atomic E-state index is 0.440. The van der Waals surface area contributed by atoms with Gasteiger partial charge in [-0.25, -0.2) is 14.4 Å². The predicted molar refractivity (Wildman–Crippen MR) is 135 cm³/mol. The van der Waals surface area contributed by atoms with Gasteiger partial charge in [-0.1, -0.05) is 81.9 Å². The summed E-state index contributed by atoms with van der Waals surface area (Å²) in [5, 5.41) is 0. The SMILES string of the molecule is O=C=Nc1ccc(C(Br)(c2ccc(N=C=O)cc2Br)c2ccc(N=C=O)cc2Br)c(Br)c1. The molecule has 3 aromatic rings. The van der Waals surface area contributed by atoms with Crippen molar-refractivity contribution < 1.29 is 14.4 Å². The molecular formula is C22H9Br4N3O3. The van der Waals surface area contributed by atoms with E-state index in [4.69, 9.17) is 0 Å². The van der Waals surface area contributed by atoms with E-state index in [-0.39, 0.29) is 0 Å². The van der Waals surface area contributed by atoms with Crippen LogP contribution >= 0.6 is 63.7 Å². The molecule has 0 bridgehead atoms. The van der Waals surface area contributed by atoms with Gasteiger partial charge in [0.05, 0.1) is 17.1 Å². The van der Waals surface area contributed by atoms with Crippen LogP contribution in [0.2, 0.25) is 0 Å². The first-order valence-electron chi connectivity index (χ1n) is 8.67. The quantitative estimate of drug-likeness (QED) is 0.116. The molecule has 0 spiro atoms. The first-order valence-corrected chi connectivity index (χ1v) is 11.8. The van der Waals surface area contributed by atoms with Gasteiger partial charge in [0, 0.05) is 13.4 Å². The smallest absolute Gasteiger partial charge is 0.211 e. The van der Waals surface area contributed by atoms with Gasteiger partial charge in [0.25, 0.3) is 0 Å². The van der Waals surface area contributed by atoms with Crippen molar-refractivity contribution in [2.45, 2.75) is 4.32 Å². The first-order chi connectivity index (χ1) is 15.3. The Labute approximate surface area is 216 Å². The minimum atomic E-state index is -0.931. The Balaban J connectivity index is 2.36. The fourth-order valence-electron chi connectivity index (χ4n) is 3.15. The number of carbonyl (C=O) groups excluding carboxylic acids is 3. The van der Waals surface area contributed by atoms with E-state index < -0.39 is 4.32 Å². The molecule has 0 saturated carbocycles. The summed E-state index contributed by atoms with van der Waals surface area (Å²) in [6, 6.07) is 15.7. The summed E-state index contributed by atoms with van der Waals surface area (Å²) in [6.45, 7) is 0. The Bertz CT molecular complexity index is 1190. The number of rotatable bonds is 6. The van der Waals surface area contributed by atoms with Crippen LogP contribution in [0.25, 0.3) is 0 Å². The van der Waals surface area contributed by atoms with E-state index in [0.29, 0.717) is 30.5 Å². The zero-order valence-corrected chi connectivity index (χ0v) is 22.1. The monoisotopic (exact) mass is 679 g/mol. The number of nitrogens with zero attached hydrogens (tertiary/aromatic N) is 3. The largest absolute Gasteiger partial charge is 0.240 e. The summed E-state index contributed by atoms with van der Waals surface area (Å²) in [4.78, 5) is 43.0. The summed E-state index contributed by atoms with van der Waals surface area (Å²) < 4.78 is 1.10. The van der Waals surface area contributed by atoms with Crippen molar-refractivity contribution in [2.75, 3.05) is 0 Å². The van der Waals surface area contributed by atoms with Gasteiger partial charge in [-0.05, 0) is 53.1 Å². The van der Waals surface area contributed by atoms with Crippen LogP contribution in [0, 0.1) is 0 Å². The fraction of sp³-hybridized carbons (Fsp3) is 0.0455. The molecule has 0 aliphatic heterocycles. The summed E-state index contributed by atoms with van der Waals surface area (Å²) in [5.41, 5.74) is 3.70. The Morgan fingerprint density at radius 3 is 1.06 bits per heavy atom. The second-order valence-corrected chi connectivity index (χ2v) is 10.0. The van der Waals surface area contributed by atoms with Crippen LogP contribution in [-0.4, -0.2) is 18.2 Å². The zero-order chi connectivity index (χ0) is 23.3. The summed E-state index contributed by atoms with van der Waals surface area (Å²) in [7, 11) is 0. The second-order valence-electron chi connectivity index (χ2n) is 6.26. The molecule has 32 heavy (non-hydrogen) atoms. The zero-order valence-electron chi connectivity index (χ0n) is 15.8. The Kier molecular flexibility index (Phi) is 8.04. The molecule has 0 aromatic heterocycles. The highest BCUT2D eigenvalue weighted by Gasteiger charge is 2.38. The maximum atomic E-state index is 10.7. The number of hydrogen-bond donors (Lipinski definition) is 0. The van der Waals surface area contributed by atoms with Gasteiger partial charge in [0.15, 0.2) is 0 Å². The molecule has 0 fully saturated rings. The van der Waals surface area contributed by atoms with Crippen LogP contribution in [0.3, 0.4) is 0 Å². The van der Waals surface area contributed by atoms with Gasteiger partial charge < -0.3 is 0 Å². The van der Waals surface area contributed by atoms with E-state index in [1.807, 2.05) is 18.2 Å². The second kappa shape index (κ2) is 10.6. The summed E-state index contributed by atoms with van der Waals surface area (Å²) >= 11 is 14.7. The summed E-state index contributed by atoms with van der Waals surface area (Å²) in [6.07, 6.45) is 4.59. The van der Waals surface area contributed by atoms with Gasteiger partial charge in [-0.2, -0.15) is 15.0 Å². The lowest BCUT2D eigenvalue weighted by molar-refractivity contribution is 0.564. The molecule has 0 heterocycles. The number of hydrogen-bond acceptors (Lipinski definition) is 6.